The quantitative estimate of drug-likeness (QED) is 0.319. The summed E-state index contributed by atoms with van der Waals surface area (Å²) in [6, 6.07) is 12.7. The molecule has 0 saturated heterocycles. The van der Waals surface area contributed by atoms with E-state index in [1.54, 1.807) is 18.2 Å². The summed E-state index contributed by atoms with van der Waals surface area (Å²) in [5.74, 6) is 0.526. The van der Waals surface area contributed by atoms with E-state index in [9.17, 15) is 0 Å². The number of benzene rings is 2. The fraction of sp³-hybridized carbons (Fsp3) is 0.0625. The van der Waals surface area contributed by atoms with Gasteiger partial charge in [0.2, 0.25) is 5.89 Å². The van der Waals surface area contributed by atoms with Crippen LogP contribution >= 0.6 is 23.4 Å². The minimum atomic E-state index is 0.526. The van der Waals surface area contributed by atoms with Crippen LogP contribution in [-0.2, 0) is 0 Å². The zero-order valence-corrected chi connectivity index (χ0v) is 13.6. The van der Waals surface area contributed by atoms with E-state index in [1.807, 2.05) is 36.7 Å². The van der Waals surface area contributed by atoms with Crippen LogP contribution in [0.2, 0.25) is 5.02 Å². The number of thioether (sulfide) groups is 1. The van der Waals surface area contributed by atoms with E-state index < -0.39 is 0 Å². The van der Waals surface area contributed by atoms with E-state index in [2.05, 4.69) is 15.3 Å². The molecule has 5 nitrogen and oxygen atoms in total. The van der Waals surface area contributed by atoms with Crippen molar-refractivity contribution in [1.29, 1.82) is 5.26 Å². The second kappa shape index (κ2) is 6.73. The van der Waals surface area contributed by atoms with Gasteiger partial charge in [0, 0.05) is 10.6 Å². The number of nitrogens with one attached hydrogen (secondary N) is 1. The van der Waals surface area contributed by atoms with Crippen molar-refractivity contribution in [2.75, 3.05) is 6.26 Å². The standard InChI is InChI=1S/C16H11ClN4OS/c1-23-16(19-9-18)20-12-5-2-10(3-6-12)15-21-13-8-11(17)4-7-14(13)22-15/h2-8H,1H3,(H,19,20). The number of rotatable bonds is 2. The second-order valence-electron chi connectivity index (χ2n) is 4.54. The molecule has 0 aliphatic rings. The molecular weight excluding hydrogens is 332 g/mol. The maximum Gasteiger partial charge on any atom is 0.227 e. The summed E-state index contributed by atoms with van der Waals surface area (Å²) >= 11 is 7.32. The fourth-order valence-corrected chi connectivity index (χ4v) is 2.50. The van der Waals surface area contributed by atoms with Crippen molar-refractivity contribution in [2.24, 2.45) is 4.99 Å². The van der Waals surface area contributed by atoms with Crippen LogP contribution < -0.4 is 5.32 Å². The Morgan fingerprint density at radius 1 is 1.30 bits per heavy atom. The third-order valence-corrected chi connectivity index (χ3v) is 3.87. The third kappa shape index (κ3) is 3.47. The van der Waals surface area contributed by atoms with Crippen molar-refractivity contribution >= 4 is 45.3 Å². The molecule has 0 amide bonds. The van der Waals surface area contributed by atoms with Crippen molar-refractivity contribution in [1.82, 2.24) is 10.3 Å². The largest absolute Gasteiger partial charge is 0.436 e. The van der Waals surface area contributed by atoms with Gasteiger partial charge in [0.1, 0.15) is 5.52 Å². The van der Waals surface area contributed by atoms with Crippen molar-refractivity contribution in [2.45, 2.75) is 0 Å². The highest BCUT2D eigenvalue weighted by Crippen LogP contribution is 2.27. The first-order chi connectivity index (χ1) is 11.2. The molecule has 1 aromatic heterocycles. The van der Waals surface area contributed by atoms with E-state index in [0.717, 1.165) is 16.8 Å². The van der Waals surface area contributed by atoms with Crippen LogP contribution in [0.4, 0.5) is 5.69 Å². The van der Waals surface area contributed by atoms with Gasteiger partial charge in [0.15, 0.2) is 16.9 Å². The molecular formula is C16H11ClN4OS. The highest BCUT2D eigenvalue weighted by Gasteiger charge is 2.08. The van der Waals surface area contributed by atoms with E-state index in [1.165, 1.54) is 11.8 Å². The molecule has 0 aliphatic heterocycles. The summed E-state index contributed by atoms with van der Waals surface area (Å²) in [5, 5.41) is 12.3. The molecule has 0 fully saturated rings. The van der Waals surface area contributed by atoms with Gasteiger partial charge in [0.25, 0.3) is 0 Å². The van der Waals surface area contributed by atoms with Crippen LogP contribution in [0.3, 0.4) is 0 Å². The fourth-order valence-electron chi connectivity index (χ4n) is 1.99. The maximum atomic E-state index is 8.64. The molecule has 0 atom stereocenters. The monoisotopic (exact) mass is 342 g/mol. The normalized spacial score (nSPS) is 11.4. The Labute approximate surface area is 142 Å². The molecule has 114 valence electrons. The molecule has 0 unspecified atom stereocenters. The highest BCUT2D eigenvalue weighted by molar-refractivity contribution is 8.13. The van der Waals surface area contributed by atoms with Crippen LogP contribution in [0.15, 0.2) is 51.9 Å². The van der Waals surface area contributed by atoms with Gasteiger partial charge in [-0.15, -0.1) is 0 Å². The summed E-state index contributed by atoms with van der Waals surface area (Å²) in [4.78, 5) is 8.77. The molecule has 23 heavy (non-hydrogen) atoms. The van der Waals surface area contributed by atoms with E-state index in [0.29, 0.717) is 21.7 Å². The van der Waals surface area contributed by atoms with Gasteiger partial charge in [-0.1, -0.05) is 23.4 Å². The summed E-state index contributed by atoms with van der Waals surface area (Å²) < 4.78 is 5.72. The molecule has 0 saturated carbocycles. The van der Waals surface area contributed by atoms with Gasteiger partial charge in [-0.25, -0.2) is 9.98 Å². The van der Waals surface area contributed by atoms with Gasteiger partial charge < -0.3 is 4.42 Å². The molecule has 3 rings (SSSR count). The second-order valence-corrected chi connectivity index (χ2v) is 5.77. The predicted octanol–water partition coefficient (Wildman–Crippen LogP) is 4.57. The Kier molecular flexibility index (Phi) is 4.51. The minimum absolute atomic E-state index is 0.526. The lowest BCUT2D eigenvalue weighted by molar-refractivity contribution is 0.620. The topological polar surface area (TPSA) is 74.2 Å². The maximum absolute atomic E-state index is 8.64. The molecule has 0 radical (unpaired) electrons. The molecule has 1 heterocycles. The first-order valence-corrected chi connectivity index (χ1v) is 8.24. The van der Waals surface area contributed by atoms with Crippen molar-refractivity contribution in [3.63, 3.8) is 0 Å². The summed E-state index contributed by atoms with van der Waals surface area (Å²) in [6.07, 6.45) is 3.71. The minimum Gasteiger partial charge on any atom is -0.436 e. The Balaban J connectivity index is 1.90. The van der Waals surface area contributed by atoms with Crippen molar-refractivity contribution in [3.05, 3.63) is 47.5 Å². The van der Waals surface area contributed by atoms with Gasteiger partial charge in [-0.05, 0) is 48.7 Å². The average molecular weight is 343 g/mol. The molecule has 0 spiro atoms. The number of hydrogen-bond donors (Lipinski definition) is 1. The van der Waals surface area contributed by atoms with Crippen LogP contribution in [0.5, 0.6) is 0 Å². The smallest absolute Gasteiger partial charge is 0.227 e. The average Bonchev–Trinajstić information content (AvgIpc) is 2.98. The first-order valence-electron chi connectivity index (χ1n) is 6.64. The van der Waals surface area contributed by atoms with E-state index in [4.69, 9.17) is 21.3 Å². The summed E-state index contributed by atoms with van der Waals surface area (Å²) in [7, 11) is 0. The molecule has 2 aromatic carbocycles. The van der Waals surface area contributed by atoms with Crippen molar-refractivity contribution < 1.29 is 4.42 Å². The number of halogens is 1. The van der Waals surface area contributed by atoms with Gasteiger partial charge in [-0.2, -0.15) is 5.26 Å². The Morgan fingerprint density at radius 3 is 2.78 bits per heavy atom. The number of aromatic nitrogens is 1. The summed E-state index contributed by atoms with van der Waals surface area (Å²) in [5.41, 5.74) is 2.99. The number of nitriles is 1. The SMILES string of the molecule is CSC(=Nc1ccc(-c2nc3cc(Cl)ccc3o2)cc1)NC#N. The van der Waals surface area contributed by atoms with Crippen LogP contribution in [0.25, 0.3) is 22.6 Å². The molecule has 7 heteroatoms. The molecule has 3 aromatic rings. The Bertz CT molecular complexity index is 912. The first kappa shape index (κ1) is 15.4. The Morgan fingerprint density at radius 2 is 2.09 bits per heavy atom. The zero-order valence-electron chi connectivity index (χ0n) is 12.1. The van der Waals surface area contributed by atoms with E-state index >= 15 is 0 Å². The lowest BCUT2D eigenvalue weighted by atomic mass is 10.2. The highest BCUT2D eigenvalue weighted by atomic mass is 35.5. The third-order valence-electron chi connectivity index (χ3n) is 3.05. The van der Waals surface area contributed by atoms with Crippen LogP contribution in [0, 0.1) is 11.5 Å². The number of hydrogen-bond acceptors (Lipinski definition) is 5. The van der Waals surface area contributed by atoms with Crippen LogP contribution in [0.1, 0.15) is 0 Å². The Hall–Kier alpha value is -2.49. The lowest BCUT2D eigenvalue weighted by Gasteiger charge is -2.00. The molecule has 0 bridgehead atoms. The lowest BCUT2D eigenvalue weighted by Crippen LogP contribution is -2.12. The molecule has 0 aliphatic carbocycles. The number of fused-ring (bicyclic) bond motifs is 1. The predicted molar refractivity (Wildman–Crippen MR) is 93.8 cm³/mol. The number of nitrogens with zero attached hydrogens (tertiary/aromatic N) is 3. The van der Waals surface area contributed by atoms with Gasteiger partial charge in [-0.3, -0.25) is 5.32 Å². The van der Waals surface area contributed by atoms with Crippen molar-refractivity contribution in [3.8, 4) is 17.6 Å². The molecule has 1 N–H and O–H groups in total. The van der Waals surface area contributed by atoms with Gasteiger partial charge >= 0.3 is 0 Å². The van der Waals surface area contributed by atoms with Gasteiger partial charge in [0.05, 0.1) is 5.69 Å². The van der Waals surface area contributed by atoms with E-state index in [-0.39, 0.29) is 0 Å². The summed E-state index contributed by atoms with van der Waals surface area (Å²) in [6.45, 7) is 0. The number of aliphatic imine (C=N–C) groups is 1. The number of oxazole rings is 1. The number of amidine groups is 1. The van der Waals surface area contributed by atoms with Crippen LogP contribution in [-0.4, -0.2) is 16.4 Å². The zero-order chi connectivity index (χ0) is 16.2.